The van der Waals surface area contributed by atoms with E-state index in [9.17, 15) is 0 Å². The van der Waals surface area contributed by atoms with Gasteiger partial charge in [0.15, 0.2) is 0 Å². The fourth-order valence-electron chi connectivity index (χ4n) is 2.22. The van der Waals surface area contributed by atoms with Gasteiger partial charge >= 0.3 is 0 Å². The Morgan fingerprint density at radius 3 is 2.74 bits per heavy atom. The van der Waals surface area contributed by atoms with E-state index in [1.165, 1.54) is 0 Å². The van der Waals surface area contributed by atoms with Crippen LogP contribution < -0.4 is 4.74 Å². The van der Waals surface area contributed by atoms with Crippen LogP contribution in [0.1, 0.15) is 11.1 Å². The Hall–Kier alpha value is -2.06. The zero-order valence-electron chi connectivity index (χ0n) is 12.8. The maximum atomic E-state index is 9.04. The fraction of sp³-hybridized carbons (Fsp3) is 0.278. The molecule has 0 aliphatic heterocycles. The van der Waals surface area contributed by atoms with Crippen molar-refractivity contribution in [2.45, 2.75) is 13.2 Å². The number of rotatable bonds is 8. The molecule has 0 fully saturated rings. The number of aliphatic hydroxyl groups is 1. The molecule has 0 aliphatic rings. The molecule has 0 heterocycles. The summed E-state index contributed by atoms with van der Waals surface area (Å²) >= 11 is 6.12. The van der Waals surface area contributed by atoms with Crippen molar-refractivity contribution < 1.29 is 9.84 Å². The summed E-state index contributed by atoms with van der Waals surface area (Å²) < 4.78 is 5.80. The van der Waals surface area contributed by atoms with E-state index in [0.717, 1.165) is 16.9 Å². The van der Waals surface area contributed by atoms with Crippen molar-refractivity contribution in [1.29, 1.82) is 5.26 Å². The predicted molar refractivity (Wildman–Crippen MR) is 90.2 cm³/mol. The first kappa shape index (κ1) is 17.3. The summed E-state index contributed by atoms with van der Waals surface area (Å²) in [4.78, 5) is 1.88. The third-order valence-electron chi connectivity index (χ3n) is 3.37. The summed E-state index contributed by atoms with van der Waals surface area (Å²) in [6, 6.07) is 17.4. The normalized spacial score (nSPS) is 10.5. The number of hydrogen-bond donors (Lipinski definition) is 1. The average Bonchev–Trinajstić information content (AvgIpc) is 2.55. The Balaban J connectivity index is 1.99. The largest absolute Gasteiger partial charge is 0.489 e. The average molecular weight is 331 g/mol. The van der Waals surface area contributed by atoms with Gasteiger partial charge in [-0.3, -0.25) is 4.90 Å². The van der Waals surface area contributed by atoms with E-state index in [4.69, 9.17) is 26.7 Å². The molecule has 0 saturated heterocycles. The zero-order valence-corrected chi connectivity index (χ0v) is 13.5. The number of halogens is 1. The van der Waals surface area contributed by atoms with Crippen LogP contribution in [-0.4, -0.2) is 29.7 Å². The van der Waals surface area contributed by atoms with Gasteiger partial charge in [-0.25, -0.2) is 0 Å². The molecule has 5 heteroatoms. The molecule has 0 aliphatic carbocycles. The van der Waals surface area contributed by atoms with Gasteiger partial charge in [0.05, 0.1) is 19.2 Å². The van der Waals surface area contributed by atoms with Crippen molar-refractivity contribution in [3.8, 4) is 11.8 Å². The molecule has 2 aromatic carbocycles. The Morgan fingerprint density at radius 1 is 1.17 bits per heavy atom. The Labute approximate surface area is 141 Å². The van der Waals surface area contributed by atoms with E-state index in [1.54, 1.807) is 0 Å². The molecule has 0 spiro atoms. The number of nitrogens with zero attached hydrogens (tertiary/aromatic N) is 2. The molecule has 0 aromatic heterocycles. The topological polar surface area (TPSA) is 56.5 Å². The molecule has 0 saturated carbocycles. The third kappa shape index (κ3) is 5.57. The smallest absolute Gasteiger partial charge is 0.120 e. The van der Waals surface area contributed by atoms with E-state index in [-0.39, 0.29) is 13.2 Å². The van der Waals surface area contributed by atoms with Crippen LogP contribution in [0, 0.1) is 11.3 Å². The lowest BCUT2D eigenvalue weighted by Crippen LogP contribution is -2.26. The number of hydrogen-bond acceptors (Lipinski definition) is 4. The lowest BCUT2D eigenvalue weighted by molar-refractivity contribution is 0.204. The van der Waals surface area contributed by atoms with Crippen molar-refractivity contribution in [3.63, 3.8) is 0 Å². The summed E-state index contributed by atoms with van der Waals surface area (Å²) in [7, 11) is 0. The first-order chi connectivity index (χ1) is 11.2. The third-order valence-corrected chi connectivity index (χ3v) is 3.74. The van der Waals surface area contributed by atoms with Crippen LogP contribution >= 0.6 is 11.6 Å². The maximum Gasteiger partial charge on any atom is 0.120 e. The van der Waals surface area contributed by atoms with Crippen LogP contribution in [0.15, 0.2) is 48.5 Å². The van der Waals surface area contributed by atoms with Gasteiger partial charge in [0.1, 0.15) is 12.4 Å². The highest BCUT2D eigenvalue weighted by molar-refractivity contribution is 6.31. The molecule has 4 nitrogen and oxygen atoms in total. The molecule has 23 heavy (non-hydrogen) atoms. The van der Waals surface area contributed by atoms with Crippen LogP contribution in [0.5, 0.6) is 5.75 Å². The van der Waals surface area contributed by atoms with Gasteiger partial charge in [0.2, 0.25) is 0 Å². The number of nitriles is 1. The molecule has 0 unspecified atom stereocenters. The van der Waals surface area contributed by atoms with E-state index >= 15 is 0 Å². The van der Waals surface area contributed by atoms with Crippen molar-refractivity contribution in [2.75, 3.05) is 19.7 Å². The quantitative estimate of drug-likeness (QED) is 0.755. The van der Waals surface area contributed by atoms with E-state index in [0.29, 0.717) is 24.7 Å². The second-order valence-corrected chi connectivity index (χ2v) is 5.53. The summed E-state index contributed by atoms with van der Waals surface area (Å²) in [5.74, 6) is 0.753. The molecule has 0 atom stereocenters. The highest BCUT2D eigenvalue weighted by Crippen LogP contribution is 2.20. The van der Waals surface area contributed by atoms with E-state index < -0.39 is 0 Å². The number of ether oxygens (including phenoxy) is 1. The maximum absolute atomic E-state index is 9.04. The summed E-state index contributed by atoms with van der Waals surface area (Å²) in [5.41, 5.74) is 1.97. The fourth-order valence-corrected chi connectivity index (χ4v) is 2.41. The van der Waals surface area contributed by atoms with Crippen molar-refractivity contribution in [2.24, 2.45) is 0 Å². The highest BCUT2D eigenvalue weighted by Gasteiger charge is 2.06. The van der Waals surface area contributed by atoms with Gasteiger partial charge in [0, 0.05) is 23.7 Å². The van der Waals surface area contributed by atoms with Crippen LogP contribution in [0.25, 0.3) is 0 Å². The second-order valence-electron chi connectivity index (χ2n) is 5.12. The molecule has 2 rings (SSSR count). The summed E-state index contributed by atoms with van der Waals surface area (Å²) in [6.07, 6.45) is 0. The zero-order chi connectivity index (χ0) is 16.5. The van der Waals surface area contributed by atoms with Crippen molar-refractivity contribution in [3.05, 3.63) is 64.7 Å². The first-order valence-electron chi connectivity index (χ1n) is 7.38. The van der Waals surface area contributed by atoms with Crippen LogP contribution in [-0.2, 0) is 13.2 Å². The standard InChI is InChI=1S/C18H19ClN2O2/c19-18-7-2-1-5-16(18)14-23-17-6-3-4-15(12-17)13-21(9-8-20)10-11-22/h1-7,12,22H,9-11,13-14H2. The van der Waals surface area contributed by atoms with Gasteiger partial charge in [-0.05, 0) is 23.8 Å². The van der Waals surface area contributed by atoms with E-state index in [2.05, 4.69) is 6.07 Å². The van der Waals surface area contributed by atoms with Gasteiger partial charge < -0.3 is 9.84 Å². The molecular weight excluding hydrogens is 312 g/mol. The van der Waals surface area contributed by atoms with Gasteiger partial charge in [-0.15, -0.1) is 0 Å². The lowest BCUT2D eigenvalue weighted by Gasteiger charge is -2.18. The first-order valence-corrected chi connectivity index (χ1v) is 7.76. The Morgan fingerprint density at radius 2 is 2.00 bits per heavy atom. The summed E-state index contributed by atoms with van der Waals surface area (Å²) in [5, 5.41) is 18.6. The molecular formula is C18H19ClN2O2. The summed E-state index contributed by atoms with van der Waals surface area (Å²) in [6.45, 7) is 1.78. The van der Waals surface area contributed by atoms with Crippen LogP contribution in [0.4, 0.5) is 0 Å². The van der Waals surface area contributed by atoms with Crippen LogP contribution in [0.3, 0.4) is 0 Å². The van der Waals surface area contributed by atoms with E-state index in [1.807, 2.05) is 53.4 Å². The lowest BCUT2D eigenvalue weighted by atomic mass is 10.2. The monoisotopic (exact) mass is 330 g/mol. The van der Waals surface area contributed by atoms with Crippen molar-refractivity contribution in [1.82, 2.24) is 4.90 Å². The minimum Gasteiger partial charge on any atom is -0.489 e. The SMILES string of the molecule is N#CCN(CCO)Cc1cccc(OCc2ccccc2Cl)c1. The Kier molecular flexibility index (Phi) is 6.89. The minimum atomic E-state index is 0.0321. The van der Waals surface area contributed by atoms with Gasteiger partial charge in [-0.1, -0.05) is 41.9 Å². The minimum absolute atomic E-state index is 0.0321. The number of aliphatic hydroxyl groups excluding tert-OH is 1. The second kappa shape index (κ2) is 9.16. The molecule has 0 radical (unpaired) electrons. The molecule has 0 bridgehead atoms. The molecule has 0 amide bonds. The molecule has 120 valence electrons. The number of benzene rings is 2. The van der Waals surface area contributed by atoms with Gasteiger partial charge in [-0.2, -0.15) is 5.26 Å². The highest BCUT2D eigenvalue weighted by atomic mass is 35.5. The molecule has 1 N–H and O–H groups in total. The predicted octanol–water partition coefficient (Wildman–Crippen LogP) is 3.24. The van der Waals surface area contributed by atoms with Crippen molar-refractivity contribution >= 4 is 11.6 Å². The van der Waals surface area contributed by atoms with Gasteiger partial charge in [0.25, 0.3) is 0 Å². The Bertz CT molecular complexity index is 670. The molecule has 2 aromatic rings. The van der Waals surface area contributed by atoms with Crippen LogP contribution in [0.2, 0.25) is 5.02 Å².